The van der Waals surface area contributed by atoms with E-state index in [0.29, 0.717) is 12.0 Å². The van der Waals surface area contributed by atoms with Gasteiger partial charge in [-0.3, -0.25) is 0 Å². The molecule has 0 N–H and O–H groups in total. The first-order valence-corrected chi connectivity index (χ1v) is 4.81. The van der Waals surface area contributed by atoms with Crippen molar-refractivity contribution >= 4 is 6.09 Å². The minimum Gasteiger partial charge on any atom is -0.444 e. The molecule has 0 unspecified atom stereocenters. The zero-order valence-corrected chi connectivity index (χ0v) is 9.13. The van der Waals surface area contributed by atoms with E-state index in [0.717, 1.165) is 6.54 Å². The van der Waals surface area contributed by atoms with Crippen LogP contribution in [0.2, 0.25) is 0 Å². The van der Waals surface area contributed by atoms with Gasteiger partial charge in [0.1, 0.15) is 5.60 Å². The minimum absolute atomic E-state index is 0.175. The predicted molar refractivity (Wildman–Crippen MR) is 51.6 cm³/mol. The summed E-state index contributed by atoms with van der Waals surface area (Å²) in [6, 6.07) is 0.398. The number of ether oxygens (including phenoxy) is 1. The van der Waals surface area contributed by atoms with Crippen LogP contribution < -0.4 is 0 Å². The maximum Gasteiger partial charge on any atom is 0.410 e. The van der Waals surface area contributed by atoms with E-state index in [-0.39, 0.29) is 11.7 Å². The van der Waals surface area contributed by atoms with Gasteiger partial charge in [-0.2, -0.15) is 0 Å². The molecule has 0 spiro atoms. The van der Waals surface area contributed by atoms with Gasteiger partial charge in [0.05, 0.1) is 6.04 Å². The van der Waals surface area contributed by atoms with Gasteiger partial charge in [-0.05, 0) is 26.7 Å². The summed E-state index contributed by atoms with van der Waals surface area (Å²) in [6.07, 6.45) is -0.175. The zero-order chi connectivity index (χ0) is 10.2. The summed E-state index contributed by atoms with van der Waals surface area (Å²) in [5.74, 6) is 0.535. The third kappa shape index (κ3) is 2.90. The van der Waals surface area contributed by atoms with Crippen molar-refractivity contribution in [3.05, 3.63) is 0 Å². The molecular weight excluding hydrogens is 166 g/mol. The summed E-state index contributed by atoms with van der Waals surface area (Å²) in [6.45, 7) is 10.8. The second kappa shape index (κ2) is 3.20. The summed E-state index contributed by atoms with van der Waals surface area (Å²) in [5, 5.41) is 0. The summed E-state index contributed by atoms with van der Waals surface area (Å²) < 4.78 is 5.23. The number of carbonyl (C=O) groups is 1. The van der Waals surface area contributed by atoms with Gasteiger partial charge >= 0.3 is 6.09 Å². The van der Waals surface area contributed by atoms with Crippen LogP contribution in [0.5, 0.6) is 0 Å². The first-order valence-electron chi connectivity index (χ1n) is 4.81. The summed E-state index contributed by atoms with van der Waals surface area (Å²) in [5.41, 5.74) is -0.374. The van der Waals surface area contributed by atoms with Gasteiger partial charge in [-0.1, -0.05) is 13.8 Å². The number of carbonyl (C=O) groups excluding carboxylic acids is 1. The summed E-state index contributed by atoms with van der Waals surface area (Å²) >= 11 is 0. The first kappa shape index (κ1) is 10.4. The van der Waals surface area contributed by atoms with E-state index in [1.165, 1.54) is 0 Å². The average Bonchev–Trinajstić information content (AvgIpc) is 2.58. The Morgan fingerprint density at radius 1 is 1.46 bits per heavy atom. The molecular formula is C10H19NO2. The van der Waals surface area contributed by atoms with Crippen molar-refractivity contribution < 1.29 is 9.53 Å². The number of hydrogen-bond donors (Lipinski definition) is 0. The molecule has 1 rings (SSSR count). The molecule has 1 amide bonds. The lowest BCUT2D eigenvalue weighted by molar-refractivity contribution is 0.0399. The highest BCUT2D eigenvalue weighted by molar-refractivity contribution is 5.71. The molecule has 0 aliphatic carbocycles. The molecule has 1 atom stereocenters. The van der Waals surface area contributed by atoms with Crippen LogP contribution in [-0.4, -0.2) is 29.2 Å². The molecule has 1 aliphatic heterocycles. The van der Waals surface area contributed by atoms with E-state index in [4.69, 9.17) is 4.74 Å². The second-order valence-electron chi connectivity index (χ2n) is 4.94. The van der Waals surface area contributed by atoms with E-state index in [1.807, 2.05) is 20.8 Å². The molecule has 1 heterocycles. The fourth-order valence-corrected chi connectivity index (χ4v) is 1.26. The molecule has 0 radical (unpaired) electrons. The molecule has 0 aromatic rings. The third-order valence-corrected chi connectivity index (χ3v) is 2.05. The van der Waals surface area contributed by atoms with Gasteiger partial charge in [0, 0.05) is 6.54 Å². The van der Waals surface area contributed by atoms with Crippen LogP contribution in [0.25, 0.3) is 0 Å². The number of rotatable bonds is 1. The Hall–Kier alpha value is -0.730. The third-order valence-electron chi connectivity index (χ3n) is 2.05. The maximum absolute atomic E-state index is 11.4. The Morgan fingerprint density at radius 2 is 2.00 bits per heavy atom. The average molecular weight is 185 g/mol. The Balaban J connectivity index is 2.36. The summed E-state index contributed by atoms with van der Waals surface area (Å²) in [7, 11) is 0. The lowest BCUT2D eigenvalue weighted by atomic mass is 10.1. The van der Waals surface area contributed by atoms with Gasteiger partial charge in [0.25, 0.3) is 0 Å². The van der Waals surface area contributed by atoms with Crippen molar-refractivity contribution in [1.82, 2.24) is 4.90 Å². The Morgan fingerprint density at radius 3 is 2.31 bits per heavy atom. The van der Waals surface area contributed by atoms with Crippen LogP contribution in [0.4, 0.5) is 4.79 Å². The molecule has 0 aromatic carbocycles. The van der Waals surface area contributed by atoms with Crippen LogP contribution in [0.15, 0.2) is 0 Å². The molecule has 76 valence electrons. The van der Waals surface area contributed by atoms with Crippen molar-refractivity contribution in [3.63, 3.8) is 0 Å². The molecule has 1 fully saturated rings. The van der Waals surface area contributed by atoms with Crippen LogP contribution in [0, 0.1) is 5.92 Å². The molecule has 13 heavy (non-hydrogen) atoms. The normalized spacial score (nSPS) is 22.0. The van der Waals surface area contributed by atoms with Crippen molar-refractivity contribution in [2.24, 2.45) is 5.92 Å². The van der Waals surface area contributed by atoms with E-state index in [9.17, 15) is 4.79 Å². The largest absolute Gasteiger partial charge is 0.444 e. The fraction of sp³-hybridized carbons (Fsp3) is 0.900. The van der Waals surface area contributed by atoms with Crippen molar-refractivity contribution in [2.45, 2.75) is 46.3 Å². The van der Waals surface area contributed by atoms with Crippen LogP contribution in [-0.2, 0) is 4.74 Å². The number of nitrogens with zero attached hydrogens (tertiary/aromatic N) is 1. The quantitative estimate of drug-likeness (QED) is 0.586. The number of hydrogen-bond acceptors (Lipinski definition) is 2. The lowest BCUT2D eigenvalue weighted by Gasteiger charge is -2.20. The molecule has 0 saturated carbocycles. The van der Waals surface area contributed by atoms with Crippen LogP contribution >= 0.6 is 0 Å². The monoisotopic (exact) mass is 185 g/mol. The van der Waals surface area contributed by atoms with Crippen LogP contribution in [0.3, 0.4) is 0 Å². The fourth-order valence-electron chi connectivity index (χ4n) is 1.26. The van der Waals surface area contributed by atoms with Crippen molar-refractivity contribution in [1.29, 1.82) is 0 Å². The molecule has 3 heteroatoms. The zero-order valence-electron chi connectivity index (χ0n) is 9.13. The summed E-state index contributed by atoms with van der Waals surface area (Å²) in [4.78, 5) is 13.2. The standard InChI is InChI=1S/C10H19NO2/c1-7(2)8-6-11(8)9(12)13-10(3,4)5/h7-8H,6H2,1-5H3/t8-,11?/m0/s1. The Labute approximate surface area is 80.1 Å². The van der Waals surface area contributed by atoms with Gasteiger partial charge < -0.3 is 9.64 Å². The molecule has 1 aliphatic rings. The second-order valence-corrected chi connectivity index (χ2v) is 4.94. The predicted octanol–water partition coefficient (Wildman–Crippen LogP) is 2.26. The molecule has 0 aromatic heterocycles. The first-order chi connectivity index (χ1) is 5.81. The van der Waals surface area contributed by atoms with E-state index < -0.39 is 0 Å². The molecule has 0 bridgehead atoms. The van der Waals surface area contributed by atoms with Crippen molar-refractivity contribution in [3.8, 4) is 0 Å². The SMILES string of the molecule is CC(C)[C@@H]1CN1C(=O)OC(C)(C)C. The molecule has 3 nitrogen and oxygen atoms in total. The van der Waals surface area contributed by atoms with Gasteiger partial charge in [0.15, 0.2) is 0 Å². The number of amides is 1. The Bertz CT molecular complexity index is 205. The van der Waals surface area contributed by atoms with Crippen LogP contribution in [0.1, 0.15) is 34.6 Å². The topological polar surface area (TPSA) is 29.3 Å². The minimum atomic E-state index is -0.374. The lowest BCUT2D eigenvalue weighted by Crippen LogP contribution is -2.28. The highest BCUT2D eigenvalue weighted by Gasteiger charge is 2.42. The van der Waals surface area contributed by atoms with E-state index in [1.54, 1.807) is 4.90 Å². The smallest absolute Gasteiger partial charge is 0.410 e. The van der Waals surface area contributed by atoms with Gasteiger partial charge in [-0.25, -0.2) is 4.79 Å². The maximum atomic E-state index is 11.4. The molecule has 1 saturated heterocycles. The highest BCUT2D eigenvalue weighted by atomic mass is 16.6. The van der Waals surface area contributed by atoms with Gasteiger partial charge in [0.2, 0.25) is 0 Å². The van der Waals surface area contributed by atoms with Crippen molar-refractivity contribution in [2.75, 3.05) is 6.54 Å². The highest BCUT2D eigenvalue weighted by Crippen LogP contribution is 2.27. The van der Waals surface area contributed by atoms with Gasteiger partial charge in [-0.15, -0.1) is 0 Å². The Kier molecular flexibility index (Phi) is 2.55. The van der Waals surface area contributed by atoms with E-state index in [2.05, 4.69) is 13.8 Å². The van der Waals surface area contributed by atoms with E-state index >= 15 is 0 Å².